The maximum atomic E-state index is 12.3. The van der Waals surface area contributed by atoms with Crippen LogP contribution in [-0.4, -0.2) is 27.6 Å². The van der Waals surface area contributed by atoms with Gasteiger partial charge in [0.25, 0.3) is 11.8 Å². The molecule has 1 unspecified atom stereocenters. The van der Waals surface area contributed by atoms with Crippen molar-refractivity contribution in [2.24, 2.45) is 0 Å². The predicted molar refractivity (Wildman–Crippen MR) is 87.8 cm³/mol. The topological polar surface area (TPSA) is 90.1 Å². The van der Waals surface area contributed by atoms with Gasteiger partial charge in [-0.25, -0.2) is 4.79 Å². The Morgan fingerprint density at radius 2 is 2.26 bits per heavy atom. The van der Waals surface area contributed by atoms with E-state index in [2.05, 4.69) is 19.9 Å². The molecule has 3 aromatic rings. The van der Waals surface area contributed by atoms with E-state index in [-0.39, 0.29) is 5.89 Å². The normalized spacial score (nSPS) is 12.1. The molecule has 1 atom stereocenters. The lowest BCUT2D eigenvalue weighted by molar-refractivity contribution is 0.0280. The Balaban J connectivity index is 1.75. The lowest BCUT2D eigenvalue weighted by Crippen LogP contribution is -2.11. The van der Waals surface area contributed by atoms with E-state index in [1.807, 2.05) is 17.5 Å². The van der Waals surface area contributed by atoms with Crippen LogP contribution in [0.3, 0.4) is 0 Å². The first-order chi connectivity index (χ1) is 11.1. The van der Waals surface area contributed by atoms with E-state index < -0.39 is 12.1 Å². The van der Waals surface area contributed by atoms with Crippen LogP contribution in [0.15, 0.2) is 21.9 Å². The van der Waals surface area contributed by atoms with Crippen molar-refractivity contribution in [3.05, 3.63) is 34.7 Å². The Hall–Kier alpha value is -2.26. The van der Waals surface area contributed by atoms with E-state index in [4.69, 9.17) is 9.15 Å². The van der Waals surface area contributed by atoms with Crippen molar-refractivity contribution in [3.8, 4) is 10.8 Å². The molecule has 3 aromatic heterocycles. The number of esters is 1. The molecule has 0 spiro atoms. The third kappa shape index (κ3) is 3.10. The van der Waals surface area contributed by atoms with Crippen LogP contribution in [-0.2, 0) is 4.74 Å². The second kappa shape index (κ2) is 6.47. The number of anilines is 1. The van der Waals surface area contributed by atoms with Crippen LogP contribution < -0.4 is 5.32 Å². The molecule has 0 aliphatic heterocycles. The van der Waals surface area contributed by atoms with Gasteiger partial charge < -0.3 is 14.5 Å². The molecule has 7 nitrogen and oxygen atoms in total. The number of hydrogen-bond donors (Lipinski definition) is 1. The first kappa shape index (κ1) is 15.6. The fraction of sp³-hybridized carbons (Fsp3) is 0.286. The van der Waals surface area contributed by atoms with Crippen molar-refractivity contribution >= 4 is 33.8 Å². The summed E-state index contributed by atoms with van der Waals surface area (Å²) in [5.74, 6) is 0.208. The Bertz CT molecular complexity index is 810. The molecule has 0 bridgehead atoms. The summed E-state index contributed by atoms with van der Waals surface area (Å²) in [4.78, 5) is 13.2. The minimum atomic E-state index is -0.646. The number of nitrogens with zero attached hydrogens (tertiary/aromatic N) is 3. The van der Waals surface area contributed by atoms with Crippen molar-refractivity contribution < 1.29 is 13.9 Å². The van der Waals surface area contributed by atoms with Gasteiger partial charge in [0.05, 0.1) is 10.6 Å². The molecule has 0 aliphatic rings. The molecule has 0 saturated carbocycles. The molecule has 23 heavy (non-hydrogen) atoms. The highest BCUT2D eigenvalue weighted by Crippen LogP contribution is 2.29. The Morgan fingerprint density at radius 1 is 1.43 bits per heavy atom. The van der Waals surface area contributed by atoms with Gasteiger partial charge in [-0.15, -0.1) is 21.5 Å². The zero-order valence-corrected chi connectivity index (χ0v) is 14.3. The highest BCUT2D eigenvalue weighted by atomic mass is 32.1. The van der Waals surface area contributed by atoms with E-state index in [0.717, 1.165) is 4.88 Å². The van der Waals surface area contributed by atoms with Gasteiger partial charge >= 0.3 is 5.97 Å². The van der Waals surface area contributed by atoms with Crippen LogP contribution in [0, 0.1) is 6.92 Å². The smallest absolute Gasteiger partial charge is 0.343 e. The Kier molecular flexibility index (Phi) is 4.39. The molecule has 0 amide bonds. The monoisotopic (exact) mass is 350 g/mol. The lowest BCUT2D eigenvalue weighted by atomic mass is 10.2. The van der Waals surface area contributed by atoms with Crippen LogP contribution in [0.4, 0.5) is 5.00 Å². The van der Waals surface area contributed by atoms with Gasteiger partial charge in [0, 0.05) is 7.05 Å². The van der Waals surface area contributed by atoms with Crippen LogP contribution in [0.2, 0.25) is 0 Å². The average molecular weight is 350 g/mol. The molecule has 0 aliphatic carbocycles. The molecular formula is C14H14N4O3S2. The summed E-state index contributed by atoms with van der Waals surface area (Å²) in [6, 6.07) is 3.79. The van der Waals surface area contributed by atoms with E-state index in [1.54, 1.807) is 20.9 Å². The first-order valence-corrected chi connectivity index (χ1v) is 8.47. The van der Waals surface area contributed by atoms with Gasteiger partial charge in [0.2, 0.25) is 0 Å². The molecular weight excluding hydrogens is 336 g/mol. The summed E-state index contributed by atoms with van der Waals surface area (Å²) in [6.45, 7) is 3.46. The number of ether oxygens (including phenoxy) is 1. The lowest BCUT2D eigenvalue weighted by Gasteiger charge is -2.09. The fourth-order valence-corrected chi connectivity index (χ4v) is 3.33. The standard InChI is InChI=1S/C14H14N4O3S2/c1-7-10(13(15-3)23-18-7)14(19)20-8(2)11-16-17-12(21-11)9-5-4-6-22-9/h4-6,8,15H,1-3H3. The second-order valence-corrected chi connectivity index (χ2v) is 6.41. The molecule has 0 fully saturated rings. The number of hydrogen-bond acceptors (Lipinski definition) is 9. The highest BCUT2D eigenvalue weighted by Gasteiger charge is 2.24. The van der Waals surface area contributed by atoms with Crippen molar-refractivity contribution in [3.63, 3.8) is 0 Å². The molecule has 3 rings (SSSR count). The number of rotatable bonds is 5. The largest absolute Gasteiger partial charge is 0.449 e. The molecule has 0 aromatic carbocycles. The summed E-state index contributed by atoms with van der Waals surface area (Å²) in [5.41, 5.74) is 1.06. The van der Waals surface area contributed by atoms with Crippen molar-refractivity contribution in [1.29, 1.82) is 0 Å². The SMILES string of the molecule is CNc1snc(C)c1C(=O)OC(C)c1nnc(-c2cccs2)o1. The van der Waals surface area contributed by atoms with Gasteiger partial charge in [-0.2, -0.15) is 4.37 Å². The molecule has 1 N–H and O–H groups in total. The molecule has 0 radical (unpaired) electrons. The minimum absolute atomic E-state index is 0.258. The average Bonchev–Trinajstić information content (AvgIpc) is 3.26. The minimum Gasteiger partial charge on any atom is -0.449 e. The van der Waals surface area contributed by atoms with E-state index in [0.29, 0.717) is 22.1 Å². The van der Waals surface area contributed by atoms with E-state index >= 15 is 0 Å². The van der Waals surface area contributed by atoms with E-state index in [1.165, 1.54) is 22.9 Å². The van der Waals surface area contributed by atoms with Crippen molar-refractivity contribution in [2.45, 2.75) is 20.0 Å². The summed E-state index contributed by atoms with van der Waals surface area (Å²) in [7, 11) is 1.73. The van der Waals surface area contributed by atoms with Gasteiger partial charge in [-0.3, -0.25) is 0 Å². The van der Waals surface area contributed by atoms with Gasteiger partial charge in [0.1, 0.15) is 10.6 Å². The summed E-state index contributed by atoms with van der Waals surface area (Å²) in [5, 5.41) is 13.5. The molecule has 9 heteroatoms. The zero-order chi connectivity index (χ0) is 16.4. The second-order valence-electron chi connectivity index (χ2n) is 4.69. The third-order valence-corrected chi connectivity index (χ3v) is 4.91. The van der Waals surface area contributed by atoms with Gasteiger partial charge in [-0.1, -0.05) is 6.07 Å². The third-order valence-electron chi connectivity index (χ3n) is 3.10. The number of thiophene rings is 1. The van der Waals surface area contributed by atoms with Gasteiger partial charge in [0.15, 0.2) is 6.10 Å². The number of carbonyl (C=O) groups excluding carboxylic acids is 1. The fourth-order valence-electron chi connectivity index (χ4n) is 1.95. The van der Waals surface area contributed by atoms with Crippen LogP contribution >= 0.6 is 22.9 Å². The summed E-state index contributed by atoms with van der Waals surface area (Å²) in [6.07, 6.45) is -0.646. The highest BCUT2D eigenvalue weighted by molar-refractivity contribution is 7.13. The van der Waals surface area contributed by atoms with E-state index in [9.17, 15) is 4.79 Å². The van der Waals surface area contributed by atoms with Crippen LogP contribution in [0.1, 0.15) is 35.0 Å². The number of carbonyl (C=O) groups is 1. The predicted octanol–water partition coefficient (Wildman–Crippen LogP) is 3.52. The number of aryl methyl sites for hydroxylation is 1. The molecule has 120 valence electrons. The Morgan fingerprint density at radius 3 is 2.96 bits per heavy atom. The van der Waals surface area contributed by atoms with Gasteiger partial charge in [-0.05, 0) is 36.8 Å². The van der Waals surface area contributed by atoms with Crippen molar-refractivity contribution in [2.75, 3.05) is 12.4 Å². The molecule has 0 saturated heterocycles. The van der Waals surface area contributed by atoms with Crippen molar-refractivity contribution in [1.82, 2.24) is 14.6 Å². The maximum absolute atomic E-state index is 12.3. The summed E-state index contributed by atoms with van der Waals surface area (Å²) >= 11 is 2.72. The van der Waals surface area contributed by atoms with Crippen LogP contribution in [0.5, 0.6) is 0 Å². The number of nitrogens with one attached hydrogen (secondary N) is 1. The van der Waals surface area contributed by atoms with Crippen LogP contribution in [0.25, 0.3) is 10.8 Å². The first-order valence-electron chi connectivity index (χ1n) is 6.82. The molecule has 3 heterocycles. The maximum Gasteiger partial charge on any atom is 0.343 e. The zero-order valence-electron chi connectivity index (χ0n) is 12.7. The Labute approximate surface area is 140 Å². The quantitative estimate of drug-likeness (QED) is 0.704. The number of aromatic nitrogens is 3. The summed E-state index contributed by atoms with van der Waals surface area (Å²) < 4.78 is 15.2.